The number of hydrogen-bond acceptors (Lipinski definition) is 21. The van der Waals surface area contributed by atoms with Crippen molar-refractivity contribution in [2.75, 3.05) is 26.4 Å². The molecule has 4 aliphatic rings. The Bertz CT molecular complexity index is 1120. The Labute approximate surface area is 282 Å². The lowest BCUT2D eigenvalue weighted by atomic mass is 9.94. The number of amides is 1. The van der Waals surface area contributed by atoms with E-state index in [1.165, 1.54) is 0 Å². The molecule has 0 aliphatic carbocycles. The maximum Gasteiger partial charge on any atom is 0.335 e. The normalized spacial score (nSPS) is 47.5. The molecule has 23 nitrogen and oxygen atoms in total. The van der Waals surface area contributed by atoms with Gasteiger partial charge in [-0.25, -0.2) is 4.79 Å². The third-order valence-electron chi connectivity index (χ3n) is 8.83. The van der Waals surface area contributed by atoms with Gasteiger partial charge in [-0.2, -0.15) is 0 Å². The fourth-order valence-electron chi connectivity index (χ4n) is 6.07. The summed E-state index contributed by atoms with van der Waals surface area (Å²) in [6.07, 6.45) is -34.1. The maximum atomic E-state index is 12.2. The van der Waals surface area contributed by atoms with Gasteiger partial charge in [0.25, 0.3) is 0 Å². The number of carbonyl (C=O) groups excluding carboxylic acids is 1. The standard InChI is InChI=1S/C27H45NO22/c1-6(32)28-11-14(36)21(49-26-19(41)15(37)12(34)8(3-30)46-26)9(4-31)47-25(11)50-23-18(40)17(39)20(7(33)2-29)48-27(23)44-5-10-13(35)16(38)22(45-10)24(42)43/h7-23,25-27,29-31,33-41H,2-5H2,1H3,(H,28,32)(H,42,43)/t7-,8-,9-,10-,11-,12-,13-,14-,15+,16+,17+,18+,19-,20-,21+,22+,23+,25-,26-,27+/m1/s1. The molecule has 0 aromatic heterocycles. The van der Waals surface area contributed by atoms with E-state index in [-0.39, 0.29) is 0 Å². The van der Waals surface area contributed by atoms with Crippen LogP contribution in [0.4, 0.5) is 0 Å². The zero-order valence-electron chi connectivity index (χ0n) is 26.4. The van der Waals surface area contributed by atoms with Crippen LogP contribution in [-0.2, 0) is 42.7 Å². The molecule has 50 heavy (non-hydrogen) atoms. The Morgan fingerprint density at radius 1 is 0.660 bits per heavy atom. The Kier molecular flexibility index (Phi) is 14.2. The first-order chi connectivity index (χ1) is 23.6. The fourth-order valence-corrected chi connectivity index (χ4v) is 6.07. The molecule has 1 amide bonds. The lowest BCUT2D eigenvalue weighted by Crippen LogP contribution is -2.69. The topological polar surface area (TPSA) is 374 Å². The van der Waals surface area contributed by atoms with Gasteiger partial charge in [0.05, 0.1) is 26.4 Å². The number of carboxylic acid groups (broad SMARTS) is 1. The van der Waals surface area contributed by atoms with E-state index in [0.29, 0.717) is 0 Å². The third kappa shape index (κ3) is 8.52. The van der Waals surface area contributed by atoms with Crippen molar-refractivity contribution in [3.8, 4) is 0 Å². The van der Waals surface area contributed by atoms with Crippen molar-refractivity contribution in [1.82, 2.24) is 5.32 Å². The summed E-state index contributed by atoms with van der Waals surface area (Å²) in [6.45, 7) is -2.41. The number of carbonyl (C=O) groups is 2. The van der Waals surface area contributed by atoms with Gasteiger partial charge in [-0.05, 0) is 0 Å². The molecule has 4 fully saturated rings. The summed E-state index contributed by atoms with van der Waals surface area (Å²) >= 11 is 0. The summed E-state index contributed by atoms with van der Waals surface area (Å²) in [5.41, 5.74) is 0. The molecule has 290 valence electrons. The highest BCUT2D eigenvalue weighted by Crippen LogP contribution is 2.34. The van der Waals surface area contributed by atoms with E-state index >= 15 is 0 Å². The van der Waals surface area contributed by atoms with E-state index in [0.717, 1.165) is 6.92 Å². The molecule has 0 aromatic carbocycles. The number of carboxylic acids is 1. The van der Waals surface area contributed by atoms with Crippen molar-refractivity contribution in [3.63, 3.8) is 0 Å². The van der Waals surface area contributed by atoms with E-state index in [1.54, 1.807) is 0 Å². The smallest absolute Gasteiger partial charge is 0.335 e. The first-order valence-corrected chi connectivity index (χ1v) is 15.6. The predicted molar refractivity (Wildman–Crippen MR) is 151 cm³/mol. The van der Waals surface area contributed by atoms with Crippen LogP contribution in [0.2, 0.25) is 0 Å². The average Bonchev–Trinajstić information content (AvgIpc) is 3.37. The predicted octanol–water partition coefficient (Wildman–Crippen LogP) is -9.47. The highest BCUT2D eigenvalue weighted by atomic mass is 16.8. The largest absolute Gasteiger partial charge is 0.479 e. The number of aliphatic hydroxyl groups excluding tert-OH is 12. The van der Waals surface area contributed by atoms with Crippen molar-refractivity contribution in [3.05, 3.63) is 0 Å². The summed E-state index contributed by atoms with van der Waals surface area (Å²) in [5, 5.41) is 135. The van der Waals surface area contributed by atoms with Crippen LogP contribution in [0, 0.1) is 0 Å². The minimum atomic E-state index is -2.05. The number of nitrogens with one attached hydrogen (secondary N) is 1. The van der Waals surface area contributed by atoms with Gasteiger partial charge in [0.15, 0.2) is 25.0 Å². The van der Waals surface area contributed by atoms with Crippen molar-refractivity contribution >= 4 is 11.9 Å². The molecule has 0 saturated carbocycles. The highest BCUT2D eigenvalue weighted by molar-refractivity contribution is 5.74. The SMILES string of the molecule is CC(=O)N[C@H]1[C@@H](O[C@@H]2[C@@H](OC[C@H]3O[C@H](C(=O)O)[C@@H](O)[C@@H]3O)O[C@H]([C@H](O)CO)[C@@H](O)[C@@H]2O)O[C@H](CO)[C@H](O[C@H]2O[C@H](CO)[C@@H](O)[C@H](O)[C@H]2O)[C@@H]1O. The second-order valence-electron chi connectivity index (χ2n) is 12.3. The lowest BCUT2D eigenvalue weighted by Gasteiger charge is -2.49. The second-order valence-corrected chi connectivity index (χ2v) is 12.3. The zero-order valence-corrected chi connectivity index (χ0v) is 26.4. The van der Waals surface area contributed by atoms with Crippen molar-refractivity contribution in [2.24, 2.45) is 0 Å². The van der Waals surface area contributed by atoms with Gasteiger partial charge in [-0.1, -0.05) is 0 Å². The molecular formula is C27H45NO22. The van der Waals surface area contributed by atoms with Crippen LogP contribution in [0.15, 0.2) is 0 Å². The van der Waals surface area contributed by atoms with Crippen LogP contribution in [0.3, 0.4) is 0 Å². The molecule has 0 bridgehead atoms. The Balaban J connectivity index is 1.58. The molecule has 4 saturated heterocycles. The summed E-state index contributed by atoms with van der Waals surface area (Å²) in [4.78, 5) is 23.6. The number of aliphatic hydroxyl groups is 12. The Hall–Kier alpha value is -1.82. The number of ether oxygens (including phenoxy) is 7. The first-order valence-electron chi connectivity index (χ1n) is 15.6. The monoisotopic (exact) mass is 735 g/mol. The molecule has 4 rings (SSSR count). The molecule has 20 atom stereocenters. The average molecular weight is 736 g/mol. The fraction of sp³-hybridized carbons (Fsp3) is 0.926. The molecular weight excluding hydrogens is 690 g/mol. The van der Waals surface area contributed by atoms with Crippen molar-refractivity contribution < 1.29 is 109 Å². The van der Waals surface area contributed by atoms with Crippen LogP contribution in [0.25, 0.3) is 0 Å². The van der Waals surface area contributed by atoms with E-state index in [2.05, 4.69) is 5.32 Å². The van der Waals surface area contributed by atoms with Crippen LogP contribution < -0.4 is 5.32 Å². The lowest BCUT2D eigenvalue weighted by molar-refractivity contribution is -0.376. The first kappa shape index (κ1) is 40.9. The van der Waals surface area contributed by atoms with E-state index in [4.69, 9.17) is 33.2 Å². The maximum absolute atomic E-state index is 12.2. The molecule has 0 radical (unpaired) electrons. The van der Waals surface area contributed by atoms with E-state index in [9.17, 15) is 76.0 Å². The molecule has 4 heterocycles. The number of hydrogen-bond donors (Lipinski definition) is 14. The Morgan fingerprint density at radius 2 is 1.26 bits per heavy atom. The number of aliphatic carboxylic acids is 1. The minimum absolute atomic E-state index is 0.741. The van der Waals surface area contributed by atoms with Crippen LogP contribution in [-0.4, -0.2) is 227 Å². The van der Waals surface area contributed by atoms with E-state index in [1.807, 2.05) is 0 Å². The van der Waals surface area contributed by atoms with Gasteiger partial charge < -0.3 is 105 Å². The Morgan fingerprint density at radius 3 is 1.82 bits per heavy atom. The van der Waals surface area contributed by atoms with Crippen molar-refractivity contribution in [1.29, 1.82) is 0 Å². The van der Waals surface area contributed by atoms with Crippen LogP contribution in [0.5, 0.6) is 0 Å². The van der Waals surface area contributed by atoms with Crippen LogP contribution in [0.1, 0.15) is 6.92 Å². The highest BCUT2D eigenvalue weighted by Gasteiger charge is 2.55. The van der Waals surface area contributed by atoms with Gasteiger partial charge in [0, 0.05) is 6.92 Å². The van der Waals surface area contributed by atoms with Gasteiger partial charge in [0.1, 0.15) is 97.6 Å². The number of rotatable bonds is 13. The zero-order chi connectivity index (χ0) is 37.2. The quantitative estimate of drug-likeness (QED) is 0.0834. The van der Waals surface area contributed by atoms with Gasteiger partial charge in [-0.3, -0.25) is 4.79 Å². The van der Waals surface area contributed by atoms with Crippen molar-refractivity contribution in [2.45, 2.75) is 129 Å². The third-order valence-corrected chi connectivity index (χ3v) is 8.83. The van der Waals surface area contributed by atoms with E-state index < -0.39 is 161 Å². The summed E-state index contributed by atoms with van der Waals surface area (Å²) < 4.78 is 38.9. The molecule has 0 aromatic rings. The molecule has 14 N–H and O–H groups in total. The summed E-state index contributed by atoms with van der Waals surface area (Å²) in [6, 6.07) is -1.65. The minimum Gasteiger partial charge on any atom is -0.479 e. The van der Waals surface area contributed by atoms with Gasteiger partial charge >= 0.3 is 5.97 Å². The second kappa shape index (κ2) is 17.3. The summed E-state index contributed by atoms with van der Waals surface area (Å²) in [7, 11) is 0. The van der Waals surface area contributed by atoms with Gasteiger partial charge in [-0.15, -0.1) is 0 Å². The summed E-state index contributed by atoms with van der Waals surface area (Å²) in [5.74, 6) is -2.37. The molecule has 0 spiro atoms. The molecule has 23 heteroatoms. The molecule has 4 aliphatic heterocycles. The molecule has 0 unspecified atom stereocenters. The van der Waals surface area contributed by atoms with Crippen LogP contribution >= 0.6 is 0 Å². The van der Waals surface area contributed by atoms with Gasteiger partial charge in [0.2, 0.25) is 5.91 Å².